The molecule has 0 aliphatic carbocycles. The number of carbonyl (C=O) groups excluding carboxylic acids is 2. The molecule has 9 nitrogen and oxygen atoms in total. The number of carbonyl (C=O) groups is 2. The van der Waals surface area contributed by atoms with Crippen molar-refractivity contribution in [2.24, 2.45) is 0 Å². The molecule has 0 aliphatic heterocycles. The number of quaternary nitrogens is 1. The van der Waals surface area contributed by atoms with Crippen LogP contribution in [-0.4, -0.2) is 69.4 Å². The Morgan fingerprint density at radius 1 is 0.432 bits per heavy atom. The molecule has 1 N–H and O–H groups in total. The number of nitrogens with one attached hydrogen (secondary N) is 1. The van der Waals surface area contributed by atoms with E-state index in [2.05, 4.69) is 74.7 Å². The molecule has 0 saturated heterocycles. The van der Waals surface area contributed by atoms with Gasteiger partial charge in [0.2, 0.25) is 5.91 Å². The second-order valence-corrected chi connectivity index (χ2v) is 26.1. The van der Waals surface area contributed by atoms with Crippen LogP contribution in [0.2, 0.25) is 0 Å². The molecule has 3 atom stereocenters. The first-order valence-electron chi connectivity index (χ1n) is 34.6. The second kappa shape index (κ2) is 60.8. The molecule has 0 spiro atoms. The van der Waals surface area contributed by atoms with E-state index in [1.807, 2.05) is 33.3 Å². The van der Waals surface area contributed by atoms with Gasteiger partial charge in [0.1, 0.15) is 19.3 Å². The number of ether oxygens (including phenoxy) is 1. The van der Waals surface area contributed by atoms with Crippen molar-refractivity contribution in [2.45, 2.75) is 341 Å². The Bertz CT molecular complexity index is 1570. The fraction of sp³-hybridized carbons (Fsp3) is 0.831. The Kier molecular flexibility index (Phi) is 59.1. The van der Waals surface area contributed by atoms with Crippen LogP contribution in [0.25, 0.3) is 0 Å². The number of rotatable bonds is 63. The van der Waals surface area contributed by atoms with Crippen LogP contribution in [0.5, 0.6) is 0 Å². The number of esters is 1. The van der Waals surface area contributed by atoms with Crippen LogP contribution in [0.4, 0.5) is 0 Å². The highest BCUT2D eigenvalue weighted by atomic mass is 31.2. The van der Waals surface area contributed by atoms with Gasteiger partial charge >= 0.3 is 5.97 Å². The van der Waals surface area contributed by atoms with E-state index in [1.165, 1.54) is 205 Å². The van der Waals surface area contributed by atoms with Crippen LogP contribution < -0.4 is 10.2 Å². The number of phosphoric acid groups is 1. The molecule has 0 bridgehead atoms. The zero-order valence-corrected chi connectivity index (χ0v) is 55.1. The van der Waals surface area contributed by atoms with Gasteiger partial charge in [0.15, 0.2) is 0 Å². The topological polar surface area (TPSA) is 114 Å². The van der Waals surface area contributed by atoms with E-state index < -0.39 is 20.0 Å². The average molecular weight is 1160 g/mol. The van der Waals surface area contributed by atoms with Crippen molar-refractivity contribution in [1.82, 2.24) is 5.32 Å². The van der Waals surface area contributed by atoms with Crippen molar-refractivity contribution < 1.29 is 37.3 Å². The Hall–Kier alpha value is -2.29. The summed E-state index contributed by atoms with van der Waals surface area (Å²) in [4.78, 5) is 40.1. The molecule has 0 aromatic carbocycles. The number of hydrogen-bond donors (Lipinski definition) is 1. The van der Waals surface area contributed by atoms with Gasteiger partial charge in [0, 0.05) is 12.8 Å². The molecule has 0 fully saturated rings. The average Bonchev–Trinajstić information content (AvgIpc) is 3.44. The summed E-state index contributed by atoms with van der Waals surface area (Å²) in [6.07, 6.45) is 77.6. The van der Waals surface area contributed by atoms with Crippen LogP contribution in [0, 0.1) is 0 Å². The number of nitrogens with zero attached hydrogens (tertiary/aromatic N) is 1. The molecular formula is C71H133N2O7P. The SMILES string of the molecule is CCCCC/C=C\C/C=C\C/C=C\C/C=C\CCCCCCCCCCCC(=O)OC(/C=C/CCCCCCCCCCCCC)C(COP(=O)([O-])OCC[N+](C)(C)C)NC(=O)CCCCCCCCCCCCCCCCCCC. The summed E-state index contributed by atoms with van der Waals surface area (Å²) in [6.45, 7) is 6.85. The first-order valence-corrected chi connectivity index (χ1v) is 36.1. The zero-order chi connectivity index (χ0) is 59.3. The van der Waals surface area contributed by atoms with E-state index in [1.54, 1.807) is 0 Å². The lowest BCUT2D eigenvalue weighted by Crippen LogP contribution is -2.47. The van der Waals surface area contributed by atoms with Crippen LogP contribution in [-0.2, 0) is 27.9 Å². The largest absolute Gasteiger partial charge is 0.756 e. The van der Waals surface area contributed by atoms with Gasteiger partial charge in [-0.3, -0.25) is 14.2 Å². The Morgan fingerprint density at radius 2 is 0.753 bits per heavy atom. The number of allylic oxidation sites excluding steroid dienone is 9. The second-order valence-electron chi connectivity index (χ2n) is 24.7. The first kappa shape index (κ1) is 78.7. The molecule has 3 unspecified atom stereocenters. The minimum absolute atomic E-state index is 0.0226. The van der Waals surface area contributed by atoms with Crippen molar-refractivity contribution in [1.29, 1.82) is 0 Å². The van der Waals surface area contributed by atoms with Crippen LogP contribution >= 0.6 is 7.82 Å². The summed E-state index contributed by atoms with van der Waals surface area (Å²) < 4.78 is 30.4. The highest BCUT2D eigenvalue weighted by molar-refractivity contribution is 7.45. The standard InChI is InChI=1S/C71H133N2O7P/c1-7-10-13-16-19-22-25-28-30-32-33-34-35-36-37-38-39-41-43-46-49-52-55-58-61-64-71(75)80-69(62-59-56-53-50-47-44-27-24-21-18-15-12-9-3)68(67-79-81(76,77)78-66-65-73(4,5)6)72-70(74)63-60-57-54-51-48-45-42-40-31-29-26-23-20-17-14-11-8-2/h19,22,28,30,33-34,36-37,59,62,68-69H,7-18,20-21,23-27,29,31-32,35,38-58,60-61,63-67H2,1-6H3,(H-,72,74,76,77)/b22-19-,30-28-,34-33-,37-36-,62-59+. The lowest BCUT2D eigenvalue weighted by molar-refractivity contribution is -0.870. The summed E-state index contributed by atoms with van der Waals surface area (Å²) in [5, 5.41) is 3.04. The molecule has 0 aliphatic rings. The van der Waals surface area contributed by atoms with Gasteiger partial charge in [-0.25, -0.2) is 0 Å². The predicted molar refractivity (Wildman–Crippen MR) is 349 cm³/mol. The third kappa shape index (κ3) is 62.1. The number of unbranched alkanes of at least 4 members (excludes halogenated alkanes) is 39. The van der Waals surface area contributed by atoms with Gasteiger partial charge in [-0.2, -0.15) is 0 Å². The third-order valence-corrected chi connectivity index (χ3v) is 16.4. The van der Waals surface area contributed by atoms with Crippen molar-refractivity contribution >= 4 is 19.7 Å². The third-order valence-electron chi connectivity index (χ3n) is 15.5. The van der Waals surface area contributed by atoms with Crippen molar-refractivity contribution in [3.05, 3.63) is 60.8 Å². The molecule has 0 heterocycles. The number of amides is 1. The van der Waals surface area contributed by atoms with E-state index in [0.717, 1.165) is 89.9 Å². The maximum atomic E-state index is 13.6. The predicted octanol–water partition coefficient (Wildman–Crippen LogP) is 21.2. The maximum absolute atomic E-state index is 13.6. The summed E-state index contributed by atoms with van der Waals surface area (Å²) in [7, 11) is 1.19. The molecule has 0 radical (unpaired) electrons. The Morgan fingerprint density at radius 3 is 1.15 bits per heavy atom. The Balaban J connectivity index is 5.13. The fourth-order valence-electron chi connectivity index (χ4n) is 10.1. The summed E-state index contributed by atoms with van der Waals surface area (Å²) in [6, 6.07) is -0.890. The van der Waals surface area contributed by atoms with E-state index in [9.17, 15) is 19.0 Å². The highest BCUT2D eigenvalue weighted by Crippen LogP contribution is 2.38. The highest BCUT2D eigenvalue weighted by Gasteiger charge is 2.27. The number of likely N-dealkylation sites (N-methyl/N-ethyl adjacent to an activating group) is 1. The van der Waals surface area contributed by atoms with E-state index in [4.69, 9.17) is 13.8 Å². The monoisotopic (exact) mass is 1160 g/mol. The van der Waals surface area contributed by atoms with Gasteiger partial charge in [-0.15, -0.1) is 0 Å². The lowest BCUT2D eigenvalue weighted by Gasteiger charge is -2.30. The van der Waals surface area contributed by atoms with Crippen molar-refractivity contribution in [3.63, 3.8) is 0 Å². The summed E-state index contributed by atoms with van der Waals surface area (Å²) in [5.41, 5.74) is 0. The minimum Gasteiger partial charge on any atom is -0.756 e. The van der Waals surface area contributed by atoms with Crippen molar-refractivity contribution in [2.75, 3.05) is 40.9 Å². The molecule has 10 heteroatoms. The van der Waals surface area contributed by atoms with Crippen molar-refractivity contribution in [3.8, 4) is 0 Å². The number of phosphoric ester groups is 1. The molecule has 0 rings (SSSR count). The smallest absolute Gasteiger partial charge is 0.306 e. The van der Waals surface area contributed by atoms with E-state index in [0.29, 0.717) is 17.4 Å². The molecule has 474 valence electrons. The number of hydrogen-bond acceptors (Lipinski definition) is 7. The molecule has 81 heavy (non-hydrogen) atoms. The molecule has 1 amide bonds. The van der Waals surface area contributed by atoms with E-state index >= 15 is 0 Å². The molecule has 0 aromatic heterocycles. The summed E-state index contributed by atoms with van der Waals surface area (Å²) >= 11 is 0. The molecular weight excluding hydrogens is 1020 g/mol. The van der Waals surface area contributed by atoms with Gasteiger partial charge < -0.3 is 28.5 Å². The minimum atomic E-state index is -4.70. The van der Waals surface area contributed by atoms with Crippen LogP contribution in [0.1, 0.15) is 329 Å². The van der Waals surface area contributed by atoms with E-state index in [-0.39, 0.29) is 31.5 Å². The lowest BCUT2D eigenvalue weighted by atomic mass is 10.0. The fourth-order valence-corrected chi connectivity index (χ4v) is 10.8. The van der Waals surface area contributed by atoms with Gasteiger partial charge in [-0.05, 0) is 76.7 Å². The normalized spacial score (nSPS) is 13.9. The quantitative estimate of drug-likeness (QED) is 0.0212. The maximum Gasteiger partial charge on any atom is 0.306 e. The zero-order valence-electron chi connectivity index (χ0n) is 54.2. The van der Waals surface area contributed by atoms with Gasteiger partial charge in [-0.1, -0.05) is 300 Å². The van der Waals surface area contributed by atoms with Gasteiger partial charge in [0.05, 0.1) is 33.8 Å². The molecule has 0 aromatic rings. The Labute approximate surface area is 502 Å². The molecule has 0 saturated carbocycles. The van der Waals surface area contributed by atoms with Crippen LogP contribution in [0.15, 0.2) is 60.8 Å². The first-order chi connectivity index (χ1) is 39.4. The summed E-state index contributed by atoms with van der Waals surface area (Å²) in [5.74, 6) is -0.534. The van der Waals surface area contributed by atoms with Gasteiger partial charge in [0.25, 0.3) is 7.82 Å². The van der Waals surface area contributed by atoms with Crippen LogP contribution in [0.3, 0.4) is 0 Å².